The van der Waals surface area contributed by atoms with Crippen molar-refractivity contribution in [2.75, 3.05) is 6.79 Å². The lowest BCUT2D eigenvalue weighted by atomic mass is 10.1. The van der Waals surface area contributed by atoms with Crippen LogP contribution in [0, 0.1) is 5.82 Å². The van der Waals surface area contributed by atoms with E-state index in [9.17, 15) is 12.8 Å². The van der Waals surface area contributed by atoms with E-state index in [1.165, 1.54) is 12.1 Å². The predicted octanol–water partition coefficient (Wildman–Crippen LogP) is 2.59. The van der Waals surface area contributed by atoms with Crippen LogP contribution in [0.25, 0.3) is 0 Å². The van der Waals surface area contributed by atoms with Crippen molar-refractivity contribution in [3.63, 3.8) is 0 Å². The van der Waals surface area contributed by atoms with Gasteiger partial charge in [0, 0.05) is 6.04 Å². The molecule has 1 aliphatic heterocycles. The van der Waals surface area contributed by atoms with Gasteiger partial charge in [-0.15, -0.1) is 0 Å². The maximum Gasteiger partial charge on any atom is 0.241 e. The minimum absolute atomic E-state index is 0.0153. The van der Waals surface area contributed by atoms with Crippen molar-refractivity contribution in [3.05, 3.63) is 53.8 Å². The lowest BCUT2D eigenvalue weighted by Gasteiger charge is -2.15. The number of sulfonamides is 1. The standard InChI is InChI=1S/C15H14FNO4S/c1-10(11-2-7-14-15(8-11)21-9-20-14)17-22(18,19)13-5-3-12(16)4-6-13/h2-8,10,17H,9H2,1H3/t10-/m0/s1. The van der Waals surface area contributed by atoms with Crippen LogP contribution in [0.3, 0.4) is 0 Å². The summed E-state index contributed by atoms with van der Waals surface area (Å²) < 4.78 is 50.5. The number of rotatable bonds is 4. The Kier molecular flexibility index (Phi) is 3.76. The third-order valence-corrected chi connectivity index (χ3v) is 4.91. The van der Waals surface area contributed by atoms with Crippen molar-refractivity contribution in [1.82, 2.24) is 4.72 Å². The van der Waals surface area contributed by atoms with Gasteiger partial charge in [0.1, 0.15) is 5.82 Å². The lowest BCUT2D eigenvalue weighted by Crippen LogP contribution is -2.26. The first-order chi connectivity index (χ1) is 10.5. The highest BCUT2D eigenvalue weighted by Gasteiger charge is 2.21. The van der Waals surface area contributed by atoms with Gasteiger partial charge in [0.2, 0.25) is 16.8 Å². The molecular weight excluding hydrogens is 309 g/mol. The summed E-state index contributed by atoms with van der Waals surface area (Å²) in [5, 5.41) is 0. The molecule has 0 spiro atoms. The summed E-state index contributed by atoms with van der Waals surface area (Å²) in [7, 11) is -3.73. The SMILES string of the molecule is C[C@H](NS(=O)(=O)c1ccc(F)cc1)c1ccc2c(c1)OCO2. The molecule has 0 fully saturated rings. The summed E-state index contributed by atoms with van der Waals surface area (Å²) in [5.74, 6) is 0.741. The highest BCUT2D eigenvalue weighted by atomic mass is 32.2. The lowest BCUT2D eigenvalue weighted by molar-refractivity contribution is 0.174. The Morgan fingerprint density at radius 3 is 2.50 bits per heavy atom. The van der Waals surface area contributed by atoms with E-state index < -0.39 is 21.9 Å². The van der Waals surface area contributed by atoms with Crippen molar-refractivity contribution >= 4 is 10.0 Å². The summed E-state index contributed by atoms with van der Waals surface area (Å²) in [6.45, 7) is 1.88. The van der Waals surface area contributed by atoms with E-state index in [1.807, 2.05) is 0 Å². The summed E-state index contributed by atoms with van der Waals surface area (Å²) in [6.07, 6.45) is 0. The predicted molar refractivity (Wildman–Crippen MR) is 77.7 cm³/mol. The third kappa shape index (κ3) is 2.90. The van der Waals surface area contributed by atoms with Crippen LogP contribution in [-0.2, 0) is 10.0 Å². The largest absolute Gasteiger partial charge is 0.454 e. The van der Waals surface area contributed by atoms with Gasteiger partial charge in [-0.3, -0.25) is 0 Å². The fourth-order valence-corrected chi connectivity index (χ4v) is 3.40. The molecule has 2 aromatic carbocycles. The normalized spacial score (nSPS) is 14.8. The molecule has 116 valence electrons. The highest BCUT2D eigenvalue weighted by Crippen LogP contribution is 2.34. The molecule has 22 heavy (non-hydrogen) atoms. The number of halogens is 1. The molecule has 5 nitrogen and oxygen atoms in total. The zero-order chi connectivity index (χ0) is 15.7. The van der Waals surface area contributed by atoms with Crippen LogP contribution >= 0.6 is 0 Å². The highest BCUT2D eigenvalue weighted by molar-refractivity contribution is 7.89. The van der Waals surface area contributed by atoms with E-state index in [0.717, 1.165) is 17.7 Å². The van der Waals surface area contributed by atoms with E-state index in [4.69, 9.17) is 9.47 Å². The molecule has 1 atom stereocenters. The molecule has 1 aliphatic rings. The zero-order valence-electron chi connectivity index (χ0n) is 11.7. The van der Waals surface area contributed by atoms with Crippen LogP contribution in [0.4, 0.5) is 4.39 Å². The first-order valence-corrected chi connectivity index (χ1v) is 8.11. The van der Waals surface area contributed by atoms with Crippen molar-refractivity contribution in [2.45, 2.75) is 17.9 Å². The van der Waals surface area contributed by atoms with E-state index in [1.54, 1.807) is 25.1 Å². The molecule has 1 N–H and O–H groups in total. The van der Waals surface area contributed by atoms with Crippen LogP contribution in [0.15, 0.2) is 47.4 Å². The molecule has 0 saturated carbocycles. The van der Waals surface area contributed by atoms with Gasteiger partial charge in [-0.25, -0.2) is 17.5 Å². The maximum absolute atomic E-state index is 12.9. The summed E-state index contributed by atoms with van der Waals surface area (Å²) in [4.78, 5) is 0.0153. The molecule has 0 radical (unpaired) electrons. The Balaban J connectivity index is 1.81. The van der Waals surface area contributed by atoms with Crippen LogP contribution in [0.2, 0.25) is 0 Å². The third-order valence-electron chi connectivity index (χ3n) is 3.35. The van der Waals surface area contributed by atoms with Gasteiger partial charge in [-0.1, -0.05) is 6.07 Å². The number of hydrogen-bond donors (Lipinski definition) is 1. The van der Waals surface area contributed by atoms with Gasteiger partial charge in [0.05, 0.1) is 4.90 Å². The Labute approximate surface area is 127 Å². The quantitative estimate of drug-likeness (QED) is 0.939. The number of ether oxygens (including phenoxy) is 2. The average Bonchev–Trinajstić information content (AvgIpc) is 2.94. The van der Waals surface area contributed by atoms with Crippen LogP contribution in [-0.4, -0.2) is 15.2 Å². The molecule has 2 aromatic rings. The number of fused-ring (bicyclic) bond motifs is 1. The molecule has 1 heterocycles. The summed E-state index contributed by atoms with van der Waals surface area (Å²) in [5.41, 5.74) is 0.745. The Hall–Kier alpha value is -2.12. The van der Waals surface area contributed by atoms with Gasteiger partial charge in [0.25, 0.3) is 0 Å². The van der Waals surface area contributed by atoms with Gasteiger partial charge >= 0.3 is 0 Å². The Bertz CT molecular complexity index is 790. The molecule has 0 amide bonds. The average molecular weight is 323 g/mol. The minimum Gasteiger partial charge on any atom is -0.454 e. The maximum atomic E-state index is 12.9. The molecule has 0 bridgehead atoms. The summed E-state index contributed by atoms with van der Waals surface area (Å²) >= 11 is 0. The number of benzene rings is 2. The number of hydrogen-bond acceptors (Lipinski definition) is 4. The molecule has 7 heteroatoms. The molecule has 0 unspecified atom stereocenters. The Morgan fingerprint density at radius 2 is 1.77 bits per heavy atom. The van der Waals surface area contributed by atoms with Crippen LogP contribution in [0.1, 0.15) is 18.5 Å². The van der Waals surface area contributed by atoms with E-state index in [0.29, 0.717) is 11.5 Å². The second-order valence-electron chi connectivity index (χ2n) is 4.91. The topological polar surface area (TPSA) is 64.6 Å². The van der Waals surface area contributed by atoms with E-state index in [-0.39, 0.29) is 11.7 Å². The second-order valence-corrected chi connectivity index (χ2v) is 6.62. The smallest absolute Gasteiger partial charge is 0.241 e. The monoisotopic (exact) mass is 323 g/mol. The fraction of sp³-hybridized carbons (Fsp3) is 0.200. The van der Waals surface area contributed by atoms with Crippen LogP contribution in [0.5, 0.6) is 11.5 Å². The first-order valence-electron chi connectivity index (χ1n) is 6.63. The Morgan fingerprint density at radius 1 is 1.09 bits per heavy atom. The first kappa shape index (κ1) is 14.8. The van der Waals surface area contributed by atoms with Gasteiger partial charge in [0.15, 0.2) is 11.5 Å². The van der Waals surface area contributed by atoms with Crippen LogP contribution < -0.4 is 14.2 Å². The molecule has 3 rings (SSSR count). The molecule has 0 aliphatic carbocycles. The molecule has 0 saturated heterocycles. The second kappa shape index (κ2) is 5.58. The number of nitrogens with one attached hydrogen (secondary N) is 1. The summed E-state index contributed by atoms with van der Waals surface area (Å²) in [6, 6.07) is 9.45. The zero-order valence-corrected chi connectivity index (χ0v) is 12.6. The van der Waals surface area contributed by atoms with Crippen molar-refractivity contribution in [1.29, 1.82) is 0 Å². The van der Waals surface area contributed by atoms with E-state index in [2.05, 4.69) is 4.72 Å². The van der Waals surface area contributed by atoms with Gasteiger partial charge < -0.3 is 9.47 Å². The minimum atomic E-state index is -3.73. The van der Waals surface area contributed by atoms with Crippen molar-refractivity contribution in [3.8, 4) is 11.5 Å². The fourth-order valence-electron chi connectivity index (χ4n) is 2.17. The van der Waals surface area contributed by atoms with E-state index >= 15 is 0 Å². The molecular formula is C15H14FNO4S. The van der Waals surface area contributed by atoms with Gasteiger partial charge in [-0.05, 0) is 48.9 Å². The molecule has 0 aromatic heterocycles. The van der Waals surface area contributed by atoms with Crippen molar-refractivity contribution < 1.29 is 22.3 Å². The van der Waals surface area contributed by atoms with Crippen molar-refractivity contribution in [2.24, 2.45) is 0 Å². The van der Waals surface area contributed by atoms with Gasteiger partial charge in [-0.2, -0.15) is 0 Å².